The topological polar surface area (TPSA) is 78.7 Å². The van der Waals surface area contributed by atoms with Crippen LogP contribution in [0, 0.1) is 0 Å². The summed E-state index contributed by atoms with van der Waals surface area (Å²) < 4.78 is 1.25. The molecule has 1 aromatic carbocycles. The van der Waals surface area contributed by atoms with E-state index in [-0.39, 0.29) is 0 Å². The van der Waals surface area contributed by atoms with Crippen LogP contribution in [0.5, 0.6) is 0 Å². The van der Waals surface area contributed by atoms with Crippen LogP contribution in [0.25, 0.3) is 0 Å². The predicted octanol–water partition coefficient (Wildman–Crippen LogP) is 1.18. The molecule has 0 aliphatic carbocycles. The van der Waals surface area contributed by atoms with Gasteiger partial charge >= 0.3 is 0 Å². The van der Waals surface area contributed by atoms with Gasteiger partial charge < -0.3 is 31.9 Å². The van der Waals surface area contributed by atoms with E-state index in [0.717, 1.165) is 118 Å². The second kappa shape index (κ2) is 20.3. The third-order valence-electron chi connectivity index (χ3n) is 7.15. The van der Waals surface area contributed by atoms with Gasteiger partial charge in [-0.25, -0.2) is 0 Å². The Balaban J connectivity index is 1.51. The molecule has 0 saturated carbocycles. The highest BCUT2D eigenvalue weighted by Gasteiger charge is 2.12. The summed E-state index contributed by atoms with van der Waals surface area (Å²) in [5, 5.41) is 21.4. The molecule has 9 heteroatoms. The minimum absolute atomic E-state index is 0.998. The first-order valence-electron chi connectivity index (χ1n) is 14.8. The van der Waals surface area contributed by atoms with Gasteiger partial charge in [-0.05, 0) is 95.2 Å². The fourth-order valence-corrected chi connectivity index (χ4v) is 5.52. The van der Waals surface area contributed by atoms with E-state index < -0.39 is 0 Å². The van der Waals surface area contributed by atoms with Crippen LogP contribution in [0.4, 0.5) is 0 Å². The molecule has 0 spiro atoms. The summed E-state index contributed by atoms with van der Waals surface area (Å²) in [6, 6.07) is 7.05. The highest BCUT2D eigenvalue weighted by atomic mass is 79.9. The number of rotatable bonds is 4. The molecular weight excluding hydrogens is 528 g/mol. The number of nitrogens with zero attached hydrogens (tertiary/aromatic N) is 2. The van der Waals surface area contributed by atoms with Crippen LogP contribution in [-0.2, 0) is 13.1 Å². The quantitative estimate of drug-likeness (QED) is 0.317. The van der Waals surface area contributed by atoms with Crippen LogP contribution >= 0.6 is 15.9 Å². The molecule has 0 aromatic heterocycles. The number of hydrogen-bond acceptors (Lipinski definition) is 8. The lowest BCUT2D eigenvalue weighted by molar-refractivity contribution is 0.257. The molecule has 0 radical (unpaired) electrons. The molecule has 2 saturated heterocycles. The van der Waals surface area contributed by atoms with Crippen LogP contribution < -0.4 is 31.9 Å². The largest absolute Gasteiger partial charge is 0.315 e. The maximum Gasteiger partial charge on any atom is 0.0245 e. The van der Waals surface area contributed by atoms with Crippen LogP contribution in [0.15, 0.2) is 22.7 Å². The standard InChI is InChI=1S/C28H53BrN8/c29-28-23-26(24-36-19-3-11-32-15-13-30-7-1-9-34-17-21-36)5-6-27(28)25-37-20-4-12-33-16-14-31-8-2-10-35-18-22-37/h5-6,23,30-35H,1-4,7-22,24-25H2. The molecule has 212 valence electrons. The molecule has 2 aliphatic rings. The highest BCUT2D eigenvalue weighted by Crippen LogP contribution is 2.21. The van der Waals surface area contributed by atoms with E-state index in [9.17, 15) is 0 Å². The Morgan fingerprint density at radius 2 is 0.973 bits per heavy atom. The molecule has 0 unspecified atom stereocenters. The minimum Gasteiger partial charge on any atom is -0.315 e. The van der Waals surface area contributed by atoms with Gasteiger partial charge in [0.2, 0.25) is 0 Å². The maximum atomic E-state index is 3.92. The molecule has 37 heavy (non-hydrogen) atoms. The normalized spacial score (nSPS) is 22.6. The highest BCUT2D eigenvalue weighted by molar-refractivity contribution is 9.10. The zero-order valence-electron chi connectivity index (χ0n) is 23.1. The summed E-state index contributed by atoms with van der Waals surface area (Å²) in [7, 11) is 0. The Morgan fingerprint density at radius 1 is 0.514 bits per heavy atom. The van der Waals surface area contributed by atoms with Crippen molar-refractivity contribution in [2.24, 2.45) is 0 Å². The van der Waals surface area contributed by atoms with E-state index >= 15 is 0 Å². The van der Waals surface area contributed by atoms with Gasteiger partial charge in [-0.15, -0.1) is 0 Å². The monoisotopic (exact) mass is 580 g/mol. The van der Waals surface area contributed by atoms with Crippen molar-refractivity contribution in [3.8, 4) is 0 Å². The summed E-state index contributed by atoms with van der Waals surface area (Å²) >= 11 is 3.92. The van der Waals surface area contributed by atoms with Crippen molar-refractivity contribution in [3.05, 3.63) is 33.8 Å². The zero-order valence-corrected chi connectivity index (χ0v) is 24.6. The van der Waals surface area contributed by atoms with Gasteiger partial charge in [-0.2, -0.15) is 0 Å². The first kappa shape index (κ1) is 30.9. The summed E-state index contributed by atoms with van der Waals surface area (Å²) in [5.41, 5.74) is 2.79. The Morgan fingerprint density at radius 3 is 1.49 bits per heavy atom. The Kier molecular flexibility index (Phi) is 17.0. The molecule has 3 rings (SSSR count). The van der Waals surface area contributed by atoms with Crippen LogP contribution in [-0.4, -0.2) is 115 Å². The zero-order chi connectivity index (χ0) is 25.8. The molecule has 8 nitrogen and oxygen atoms in total. The van der Waals surface area contributed by atoms with Gasteiger partial charge in [-0.1, -0.05) is 28.1 Å². The van der Waals surface area contributed by atoms with E-state index in [1.807, 2.05) is 0 Å². The Labute approximate surface area is 234 Å². The van der Waals surface area contributed by atoms with Crippen LogP contribution in [0.1, 0.15) is 36.8 Å². The summed E-state index contributed by atoms with van der Waals surface area (Å²) in [5.74, 6) is 0. The lowest BCUT2D eigenvalue weighted by Gasteiger charge is -2.25. The number of nitrogens with one attached hydrogen (secondary N) is 6. The SMILES string of the molecule is Brc1cc(CN2CCCNCCNCCCNCC2)ccc1CN1CCCNCCNCCCNCC1. The third-order valence-corrected chi connectivity index (χ3v) is 7.89. The van der Waals surface area contributed by atoms with Crippen molar-refractivity contribution < 1.29 is 0 Å². The average molecular weight is 582 g/mol. The smallest absolute Gasteiger partial charge is 0.0245 e. The fourth-order valence-electron chi connectivity index (χ4n) is 4.97. The fraction of sp³-hybridized carbons (Fsp3) is 0.786. The molecule has 0 atom stereocenters. The molecule has 1 aromatic rings. The second-order valence-corrected chi connectivity index (χ2v) is 11.2. The van der Waals surface area contributed by atoms with Crippen molar-refractivity contribution in [3.63, 3.8) is 0 Å². The van der Waals surface area contributed by atoms with Crippen molar-refractivity contribution in [1.82, 2.24) is 41.7 Å². The van der Waals surface area contributed by atoms with Crippen molar-refractivity contribution >= 4 is 15.9 Å². The second-order valence-electron chi connectivity index (χ2n) is 10.4. The molecule has 6 N–H and O–H groups in total. The van der Waals surface area contributed by atoms with Crippen molar-refractivity contribution in [2.45, 2.75) is 38.8 Å². The van der Waals surface area contributed by atoms with Crippen LogP contribution in [0.2, 0.25) is 0 Å². The van der Waals surface area contributed by atoms with Gasteiger partial charge in [0.25, 0.3) is 0 Å². The predicted molar refractivity (Wildman–Crippen MR) is 160 cm³/mol. The summed E-state index contributed by atoms with van der Waals surface area (Å²) in [4.78, 5) is 5.21. The molecule has 0 amide bonds. The van der Waals surface area contributed by atoms with Gasteiger partial charge in [0.15, 0.2) is 0 Å². The van der Waals surface area contributed by atoms with E-state index in [2.05, 4.69) is 75.8 Å². The first-order valence-corrected chi connectivity index (χ1v) is 15.6. The van der Waals surface area contributed by atoms with Gasteiger partial charge in [0, 0.05) is 69.9 Å². The molecule has 2 aliphatic heterocycles. The summed E-state index contributed by atoms with van der Waals surface area (Å²) in [6.07, 6.45) is 4.75. The average Bonchev–Trinajstić information content (AvgIpc) is 2.90. The first-order chi connectivity index (χ1) is 18.3. The van der Waals surface area contributed by atoms with E-state index in [4.69, 9.17) is 0 Å². The van der Waals surface area contributed by atoms with Gasteiger partial charge in [-0.3, -0.25) is 9.80 Å². The molecule has 2 fully saturated rings. The van der Waals surface area contributed by atoms with Crippen LogP contribution in [0.3, 0.4) is 0 Å². The number of halogens is 1. The van der Waals surface area contributed by atoms with Gasteiger partial charge in [0.1, 0.15) is 0 Å². The number of hydrogen-bond donors (Lipinski definition) is 6. The molecule has 2 heterocycles. The Hall–Kier alpha value is -0.620. The minimum atomic E-state index is 0.998. The van der Waals surface area contributed by atoms with E-state index in [0.29, 0.717) is 0 Å². The maximum absolute atomic E-state index is 3.92. The third kappa shape index (κ3) is 14.4. The Bertz CT molecular complexity index is 679. The number of benzene rings is 1. The van der Waals surface area contributed by atoms with E-state index in [1.54, 1.807) is 0 Å². The summed E-state index contributed by atoms with van der Waals surface area (Å²) in [6.45, 7) is 19.4. The lowest BCUT2D eigenvalue weighted by Crippen LogP contribution is -2.37. The van der Waals surface area contributed by atoms with Gasteiger partial charge in [0.05, 0.1) is 0 Å². The van der Waals surface area contributed by atoms with Crippen molar-refractivity contribution in [1.29, 1.82) is 0 Å². The van der Waals surface area contributed by atoms with Crippen molar-refractivity contribution in [2.75, 3.05) is 105 Å². The lowest BCUT2D eigenvalue weighted by atomic mass is 10.1. The van der Waals surface area contributed by atoms with E-state index in [1.165, 1.54) is 41.3 Å². The molecular formula is C28H53BrN8. The molecule has 0 bridgehead atoms.